The van der Waals surface area contributed by atoms with Crippen molar-refractivity contribution in [3.8, 4) is 11.5 Å². The Labute approximate surface area is 157 Å². The second-order valence-electron chi connectivity index (χ2n) is 6.56. The standard InChI is InChI=1S/C20H22N2O5/c1-13(14-4-6-17(7-5-14)22(24)25)20(23)21-9-8-15-10-18(26-2)19(27-3)11-16(15)12-21/h4-7,10-11,13H,8-9,12H2,1-3H3. The molecule has 0 saturated carbocycles. The fourth-order valence-electron chi connectivity index (χ4n) is 3.37. The second-order valence-corrected chi connectivity index (χ2v) is 6.56. The van der Waals surface area contributed by atoms with Crippen molar-refractivity contribution in [2.75, 3.05) is 20.8 Å². The van der Waals surface area contributed by atoms with Crippen LogP contribution in [-0.2, 0) is 17.8 Å². The van der Waals surface area contributed by atoms with E-state index in [0.717, 1.165) is 23.1 Å². The number of rotatable bonds is 5. The molecule has 0 fully saturated rings. The third-order valence-electron chi connectivity index (χ3n) is 5.00. The minimum Gasteiger partial charge on any atom is -0.493 e. The van der Waals surface area contributed by atoms with E-state index in [9.17, 15) is 14.9 Å². The molecule has 1 aliphatic heterocycles. The van der Waals surface area contributed by atoms with Crippen molar-refractivity contribution >= 4 is 11.6 Å². The number of fused-ring (bicyclic) bond motifs is 1. The fourth-order valence-corrected chi connectivity index (χ4v) is 3.37. The van der Waals surface area contributed by atoms with Crippen LogP contribution in [0.1, 0.15) is 29.5 Å². The molecule has 0 aliphatic carbocycles. The SMILES string of the molecule is COc1cc2c(cc1OC)CN(C(=O)C(C)c1ccc([N+](=O)[O-])cc1)CC2. The molecule has 2 aromatic rings. The Balaban J connectivity index is 1.77. The number of amides is 1. The van der Waals surface area contributed by atoms with E-state index >= 15 is 0 Å². The molecule has 1 unspecified atom stereocenters. The summed E-state index contributed by atoms with van der Waals surface area (Å²) in [6.45, 7) is 2.96. The molecule has 2 aromatic carbocycles. The van der Waals surface area contributed by atoms with Gasteiger partial charge < -0.3 is 14.4 Å². The van der Waals surface area contributed by atoms with Crippen molar-refractivity contribution in [1.29, 1.82) is 0 Å². The Morgan fingerprint density at radius 3 is 2.26 bits per heavy atom. The summed E-state index contributed by atoms with van der Waals surface area (Å²) in [6, 6.07) is 10.0. The highest BCUT2D eigenvalue weighted by molar-refractivity contribution is 5.83. The molecule has 0 saturated heterocycles. The van der Waals surface area contributed by atoms with Gasteiger partial charge in [-0.25, -0.2) is 0 Å². The highest BCUT2D eigenvalue weighted by Crippen LogP contribution is 2.34. The average molecular weight is 370 g/mol. The van der Waals surface area contributed by atoms with Crippen LogP contribution < -0.4 is 9.47 Å². The smallest absolute Gasteiger partial charge is 0.269 e. The molecule has 27 heavy (non-hydrogen) atoms. The van der Waals surface area contributed by atoms with Crippen LogP contribution in [0.3, 0.4) is 0 Å². The topological polar surface area (TPSA) is 81.9 Å². The monoisotopic (exact) mass is 370 g/mol. The van der Waals surface area contributed by atoms with E-state index in [0.29, 0.717) is 24.6 Å². The van der Waals surface area contributed by atoms with Crippen molar-refractivity contribution in [2.45, 2.75) is 25.8 Å². The van der Waals surface area contributed by atoms with Gasteiger partial charge in [-0.3, -0.25) is 14.9 Å². The maximum Gasteiger partial charge on any atom is 0.269 e. The molecule has 0 radical (unpaired) electrons. The van der Waals surface area contributed by atoms with Crippen molar-refractivity contribution in [2.24, 2.45) is 0 Å². The predicted molar refractivity (Wildman–Crippen MR) is 100 cm³/mol. The van der Waals surface area contributed by atoms with Gasteiger partial charge in [0, 0.05) is 25.2 Å². The summed E-state index contributed by atoms with van der Waals surface area (Å²) < 4.78 is 10.7. The van der Waals surface area contributed by atoms with Gasteiger partial charge >= 0.3 is 0 Å². The first kappa shape index (κ1) is 18.7. The number of non-ortho nitro benzene ring substituents is 1. The minimum absolute atomic E-state index is 0.00397. The van der Waals surface area contributed by atoms with E-state index in [-0.39, 0.29) is 17.5 Å². The van der Waals surface area contributed by atoms with Gasteiger partial charge in [0.2, 0.25) is 5.91 Å². The number of hydrogen-bond acceptors (Lipinski definition) is 5. The molecule has 7 heteroatoms. The number of methoxy groups -OCH3 is 2. The summed E-state index contributed by atoms with van der Waals surface area (Å²) >= 11 is 0. The lowest BCUT2D eigenvalue weighted by atomic mass is 9.95. The number of carbonyl (C=O) groups is 1. The van der Waals surface area contributed by atoms with Gasteiger partial charge in [0.25, 0.3) is 5.69 Å². The lowest BCUT2D eigenvalue weighted by Gasteiger charge is -2.31. The Bertz CT molecular complexity index is 863. The van der Waals surface area contributed by atoms with Crippen LogP contribution in [0, 0.1) is 10.1 Å². The van der Waals surface area contributed by atoms with Gasteiger partial charge in [0.15, 0.2) is 11.5 Å². The molecule has 1 atom stereocenters. The summed E-state index contributed by atoms with van der Waals surface area (Å²) in [5.41, 5.74) is 2.98. The van der Waals surface area contributed by atoms with E-state index in [4.69, 9.17) is 9.47 Å². The Hall–Kier alpha value is -3.09. The predicted octanol–water partition coefficient (Wildman–Crippen LogP) is 3.30. The zero-order valence-electron chi connectivity index (χ0n) is 15.6. The number of ether oxygens (including phenoxy) is 2. The molecule has 142 valence electrons. The number of hydrogen-bond donors (Lipinski definition) is 0. The summed E-state index contributed by atoms with van der Waals surface area (Å²) in [6.07, 6.45) is 0.744. The molecule has 0 spiro atoms. The maximum absolute atomic E-state index is 12.9. The molecule has 0 N–H and O–H groups in total. The first-order valence-corrected chi connectivity index (χ1v) is 8.71. The Morgan fingerprint density at radius 1 is 1.11 bits per heavy atom. The van der Waals surface area contributed by atoms with Gasteiger partial charge in [-0.15, -0.1) is 0 Å². The van der Waals surface area contributed by atoms with Crippen LogP contribution in [0.15, 0.2) is 36.4 Å². The quantitative estimate of drug-likeness (QED) is 0.596. The van der Waals surface area contributed by atoms with Crippen LogP contribution in [0.4, 0.5) is 5.69 Å². The zero-order valence-corrected chi connectivity index (χ0v) is 15.6. The molecule has 0 bridgehead atoms. The zero-order chi connectivity index (χ0) is 19.6. The molecule has 1 heterocycles. The normalized spacial score (nSPS) is 14.3. The number of benzene rings is 2. The summed E-state index contributed by atoms with van der Waals surface area (Å²) in [4.78, 5) is 25.1. The maximum atomic E-state index is 12.9. The van der Waals surface area contributed by atoms with Crippen LogP contribution in [-0.4, -0.2) is 36.5 Å². The van der Waals surface area contributed by atoms with Crippen molar-refractivity contribution < 1.29 is 19.2 Å². The summed E-state index contributed by atoms with van der Waals surface area (Å²) in [5, 5.41) is 10.8. The molecule has 1 amide bonds. The molecule has 0 aromatic heterocycles. The van der Waals surface area contributed by atoms with Gasteiger partial charge in [-0.2, -0.15) is 0 Å². The van der Waals surface area contributed by atoms with E-state index in [2.05, 4.69) is 0 Å². The molecule has 7 nitrogen and oxygen atoms in total. The Morgan fingerprint density at radius 2 is 1.70 bits per heavy atom. The van der Waals surface area contributed by atoms with Gasteiger partial charge in [0.05, 0.1) is 25.1 Å². The van der Waals surface area contributed by atoms with Crippen molar-refractivity contribution in [1.82, 2.24) is 4.90 Å². The number of carbonyl (C=O) groups excluding carboxylic acids is 1. The van der Waals surface area contributed by atoms with E-state index in [1.54, 1.807) is 26.4 Å². The lowest BCUT2D eigenvalue weighted by molar-refractivity contribution is -0.384. The average Bonchev–Trinajstić information content (AvgIpc) is 2.71. The summed E-state index contributed by atoms with van der Waals surface area (Å²) in [7, 11) is 3.20. The molecular weight excluding hydrogens is 348 g/mol. The van der Waals surface area contributed by atoms with Gasteiger partial charge in [0.1, 0.15) is 0 Å². The Kier molecular flexibility index (Phi) is 5.30. The lowest BCUT2D eigenvalue weighted by Crippen LogP contribution is -2.38. The number of nitro benzene ring substituents is 1. The summed E-state index contributed by atoms with van der Waals surface area (Å²) in [5.74, 6) is 0.973. The third kappa shape index (κ3) is 3.72. The first-order valence-electron chi connectivity index (χ1n) is 8.71. The first-order chi connectivity index (χ1) is 12.9. The van der Waals surface area contributed by atoms with Crippen molar-refractivity contribution in [3.63, 3.8) is 0 Å². The van der Waals surface area contributed by atoms with Gasteiger partial charge in [-0.1, -0.05) is 12.1 Å². The van der Waals surface area contributed by atoms with E-state index in [1.165, 1.54) is 12.1 Å². The van der Waals surface area contributed by atoms with Gasteiger partial charge in [-0.05, 0) is 42.2 Å². The van der Waals surface area contributed by atoms with E-state index in [1.807, 2.05) is 24.0 Å². The molecular formula is C20H22N2O5. The highest BCUT2D eigenvalue weighted by atomic mass is 16.6. The van der Waals surface area contributed by atoms with E-state index < -0.39 is 4.92 Å². The largest absolute Gasteiger partial charge is 0.493 e. The fraction of sp³-hybridized carbons (Fsp3) is 0.350. The van der Waals surface area contributed by atoms with Crippen LogP contribution in [0.25, 0.3) is 0 Å². The molecule has 3 rings (SSSR count). The highest BCUT2D eigenvalue weighted by Gasteiger charge is 2.27. The van der Waals surface area contributed by atoms with Crippen LogP contribution >= 0.6 is 0 Å². The van der Waals surface area contributed by atoms with Crippen LogP contribution in [0.5, 0.6) is 11.5 Å². The van der Waals surface area contributed by atoms with Crippen molar-refractivity contribution in [3.05, 3.63) is 63.2 Å². The number of nitro groups is 1. The third-order valence-corrected chi connectivity index (χ3v) is 5.00. The number of nitrogens with zero attached hydrogens (tertiary/aromatic N) is 2. The minimum atomic E-state index is -0.445. The van der Waals surface area contributed by atoms with Crippen LogP contribution in [0.2, 0.25) is 0 Å². The molecule has 1 aliphatic rings. The second kappa shape index (κ2) is 7.65.